The summed E-state index contributed by atoms with van der Waals surface area (Å²) >= 11 is 0. The predicted molar refractivity (Wildman–Crippen MR) is 161 cm³/mol. The van der Waals surface area contributed by atoms with Crippen molar-refractivity contribution >= 4 is 35.0 Å². The number of alkyl halides is 3. The highest BCUT2D eigenvalue weighted by Crippen LogP contribution is 2.41. The molecule has 0 saturated carbocycles. The molecule has 1 aliphatic heterocycles. The second-order valence-electron chi connectivity index (χ2n) is 11.3. The van der Waals surface area contributed by atoms with E-state index >= 15 is 0 Å². The van der Waals surface area contributed by atoms with Crippen LogP contribution in [0.1, 0.15) is 62.9 Å². The molecule has 2 N–H and O–H groups in total. The number of ether oxygens (including phenoxy) is 2. The fraction of sp³-hybridized carbons (Fsp3) is 0.375. The first-order chi connectivity index (χ1) is 20.7. The molecule has 3 aromatic rings. The lowest BCUT2D eigenvalue weighted by molar-refractivity contribution is -0.138. The number of carbonyl (C=O) groups is 3. The Hall–Kier alpha value is -4.61. The molecule has 12 heteroatoms. The van der Waals surface area contributed by atoms with Gasteiger partial charge < -0.3 is 19.7 Å². The number of pyridine rings is 1. The number of hydrogen-bond acceptors (Lipinski definition) is 7. The van der Waals surface area contributed by atoms with Gasteiger partial charge in [-0.15, -0.1) is 0 Å². The van der Waals surface area contributed by atoms with Gasteiger partial charge in [-0.1, -0.05) is 18.2 Å². The van der Waals surface area contributed by atoms with Gasteiger partial charge in [-0.05, 0) is 75.9 Å². The first-order valence-electron chi connectivity index (χ1n) is 14.3. The minimum Gasteiger partial charge on any atom is -0.493 e. The molecular formula is C32H35F3N4O5. The van der Waals surface area contributed by atoms with Crippen molar-refractivity contribution in [3.63, 3.8) is 0 Å². The number of nitrogens with one attached hydrogen (secondary N) is 2. The number of ketones is 1. The highest BCUT2D eigenvalue weighted by molar-refractivity contribution is 6.12. The zero-order chi connectivity index (χ0) is 32.1. The van der Waals surface area contributed by atoms with Gasteiger partial charge in [-0.3, -0.25) is 14.9 Å². The Morgan fingerprint density at radius 2 is 1.61 bits per heavy atom. The van der Waals surface area contributed by atoms with Crippen LogP contribution in [0.4, 0.5) is 35.2 Å². The fourth-order valence-corrected chi connectivity index (χ4v) is 4.73. The minimum atomic E-state index is -4.83. The molecule has 2 aromatic carbocycles. The minimum absolute atomic E-state index is 0.0761. The number of amides is 2. The van der Waals surface area contributed by atoms with Crippen LogP contribution in [-0.2, 0) is 15.7 Å². The second-order valence-corrected chi connectivity index (χ2v) is 11.3. The molecule has 2 amide bonds. The largest absolute Gasteiger partial charge is 0.493 e. The maximum atomic E-state index is 13.9. The molecule has 0 atom stereocenters. The molecule has 0 bridgehead atoms. The van der Waals surface area contributed by atoms with Gasteiger partial charge in [0.05, 0.1) is 30.0 Å². The third-order valence-electron chi connectivity index (χ3n) is 6.65. The average molecular weight is 613 g/mol. The normalized spacial score (nSPS) is 13.4. The predicted octanol–water partition coefficient (Wildman–Crippen LogP) is 7.32. The molecule has 1 aliphatic rings. The Kier molecular flexibility index (Phi) is 9.81. The SMILES string of the molecule is CCOc1cc(NC(=O)OC(C)(C)C)c(NC(=O)CC(=O)c2cccc(-c3ccnc(N4CCCC4)c3)c2)cc1C(F)(F)F. The van der Waals surface area contributed by atoms with Crippen LogP contribution in [0.3, 0.4) is 0 Å². The van der Waals surface area contributed by atoms with Gasteiger partial charge in [-0.2, -0.15) is 13.2 Å². The molecule has 4 rings (SSSR count). The van der Waals surface area contributed by atoms with Crippen molar-refractivity contribution in [2.45, 2.75) is 58.7 Å². The topological polar surface area (TPSA) is 110 Å². The summed E-state index contributed by atoms with van der Waals surface area (Å²) < 4.78 is 52.0. The van der Waals surface area contributed by atoms with Crippen LogP contribution < -0.4 is 20.3 Å². The number of halogens is 3. The zero-order valence-electron chi connectivity index (χ0n) is 25.0. The molecule has 0 unspecified atom stereocenters. The number of nitrogens with zero attached hydrogens (tertiary/aromatic N) is 2. The van der Waals surface area contributed by atoms with Crippen LogP contribution in [0.2, 0.25) is 0 Å². The number of carbonyl (C=O) groups excluding carboxylic acids is 3. The Morgan fingerprint density at radius 3 is 2.27 bits per heavy atom. The number of hydrogen-bond donors (Lipinski definition) is 2. The third kappa shape index (κ3) is 8.48. The standard InChI is InChI=1S/C32H35F3N4O5/c1-5-43-27-18-25(38-30(42)44-31(2,3)4)24(17-23(27)32(33,34)35)37-29(41)19-26(40)22-10-8-9-20(15-22)21-11-12-36-28(16-21)39-13-6-7-14-39/h8-12,15-18H,5-7,13-14,19H2,1-4H3,(H,37,41)(H,38,42). The monoisotopic (exact) mass is 612 g/mol. The summed E-state index contributed by atoms with van der Waals surface area (Å²) in [6.07, 6.45) is -2.52. The second kappa shape index (κ2) is 13.4. The molecule has 1 saturated heterocycles. The Balaban J connectivity index is 1.55. The molecule has 234 valence electrons. The van der Waals surface area contributed by atoms with E-state index in [4.69, 9.17) is 9.47 Å². The molecule has 2 heterocycles. The van der Waals surface area contributed by atoms with E-state index in [0.29, 0.717) is 6.07 Å². The summed E-state index contributed by atoms with van der Waals surface area (Å²) in [5.41, 5.74) is -0.748. The van der Waals surface area contributed by atoms with Gasteiger partial charge in [-0.25, -0.2) is 9.78 Å². The molecule has 9 nitrogen and oxygen atoms in total. The Labute approximate surface area is 253 Å². The first kappa shape index (κ1) is 32.3. The number of aromatic nitrogens is 1. The molecule has 1 aromatic heterocycles. The van der Waals surface area contributed by atoms with E-state index in [9.17, 15) is 27.6 Å². The van der Waals surface area contributed by atoms with Crippen molar-refractivity contribution in [2.75, 3.05) is 35.2 Å². The Bertz CT molecular complexity index is 1530. The van der Waals surface area contributed by atoms with Crippen LogP contribution in [0.15, 0.2) is 54.7 Å². The molecule has 0 aliphatic carbocycles. The van der Waals surface area contributed by atoms with E-state index in [0.717, 1.165) is 48.9 Å². The average Bonchev–Trinajstić information content (AvgIpc) is 3.48. The van der Waals surface area contributed by atoms with E-state index in [1.54, 1.807) is 45.2 Å². The van der Waals surface area contributed by atoms with E-state index in [1.165, 1.54) is 6.92 Å². The molecular weight excluding hydrogens is 577 g/mol. The van der Waals surface area contributed by atoms with Crippen molar-refractivity contribution in [1.82, 2.24) is 4.98 Å². The maximum Gasteiger partial charge on any atom is 0.420 e. The highest BCUT2D eigenvalue weighted by atomic mass is 19.4. The summed E-state index contributed by atoms with van der Waals surface area (Å²) in [6.45, 7) is 8.15. The summed E-state index contributed by atoms with van der Waals surface area (Å²) in [5.74, 6) is -1.10. The van der Waals surface area contributed by atoms with Crippen molar-refractivity contribution in [3.8, 4) is 16.9 Å². The van der Waals surface area contributed by atoms with Crippen molar-refractivity contribution in [2.24, 2.45) is 0 Å². The van der Waals surface area contributed by atoms with Gasteiger partial charge in [0.2, 0.25) is 5.91 Å². The van der Waals surface area contributed by atoms with Gasteiger partial charge in [0, 0.05) is 30.9 Å². The number of rotatable bonds is 9. The van der Waals surface area contributed by atoms with E-state index < -0.39 is 47.3 Å². The van der Waals surface area contributed by atoms with E-state index in [1.807, 2.05) is 18.2 Å². The van der Waals surface area contributed by atoms with E-state index in [2.05, 4.69) is 20.5 Å². The summed E-state index contributed by atoms with van der Waals surface area (Å²) in [6, 6.07) is 12.2. The Morgan fingerprint density at radius 1 is 0.932 bits per heavy atom. The number of Topliss-reactive ketones (excluding diaryl/α,β-unsaturated/α-hetero) is 1. The van der Waals surface area contributed by atoms with Crippen LogP contribution in [0, 0.1) is 0 Å². The highest BCUT2D eigenvalue weighted by Gasteiger charge is 2.36. The molecule has 0 radical (unpaired) electrons. The number of benzene rings is 2. The maximum absolute atomic E-state index is 13.9. The smallest absolute Gasteiger partial charge is 0.420 e. The lowest BCUT2D eigenvalue weighted by Crippen LogP contribution is -2.28. The summed E-state index contributed by atoms with van der Waals surface area (Å²) in [7, 11) is 0. The lowest BCUT2D eigenvalue weighted by Gasteiger charge is -2.22. The van der Waals surface area contributed by atoms with Crippen molar-refractivity contribution in [1.29, 1.82) is 0 Å². The van der Waals surface area contributed by atoms with Gasteiger partial charge >= 0.3 is 12.3 Å². The summed E-state index contributed by atoms with van der Waals surface area (Å²) in [5, 5.41) is 4.72. The summed E-state index contributed by atoms with van der Waals surface area (Å²) in [4.78, 5) is 45.2. The molecule has 44 heavy (non-hydrogen) atoms. The van der Waals surface area contributed by atoms with Crippen LogP contribution in [-0.4, -0.2) is 48.1 Å². The fourth-order valence-electron chi connectivity index (χ4n) is 4.73. The van der Waals surface area contributed by atoms with Crippen molar-refractivity contribution < 1.29 is 37.0 Å². The lowest BCUT2D eigenvalue weighted by atomic mass is 10.0. The van der Waals surface area contributed by atoms with Gasteiger partial charge in [0.1, 0.15) is 17.2 Å². The third-order valence-corrected chi connectivity index (χ3v) is 6.65. The number of anilines is 3. The molecule has 1 fully saturated rings. The van der Waals surface area contributed by atoms with Crippen LogP contribution in [0.5, 0.6) is 5.75 Å². The molecule has 0 spiro atoms. The van der Waals surface area contributed by atoms with E-state index in [-0.39, 0.29) is 23.5 Å². The van der Waals surface area contributed by atoms with Gasteiger partial charge in [0.25, 0.3) is 0 Å². The van der Waals surface area contributed by atoms with Crippen LogP contribution >= 0.6 is 0 Å². The first-order valence-corrected chi connectivity index (χ1v) is 14.3. The van der Waals surface area contributed by atoms with Gasteiger partial charge in [0.15, 0.2) is 5.78 Å². The van der Waals surface area contributed by atoms with Crippen molar-refractivity contribution in [3.05, 3.63) is 65.9 Å². The zero-order valence-corrected chi connectivity index (χ0v) is 25.0. The van der Waals surface area contributed by atoms with Crippen LogP contribution in [0.25, 0.3) is 11.1 Å². The quantitative estimate of drug-likeness (QED) is 0.192.